The molecule has 2 N–H and O–H groups in total. The molecule has 0 saturated heterocycles. The summed E-state index contributed by atoms with van der Waals surface area (Å²) in [7, 11) is 0. The van der Waals surface area contributed by atoms with Gasteiger partial charge in [-0.05, 0) is 12.1 Å². The third-order valence-electron chi connectivity index (χ3n) is 4.12. The van der Waals surface area contributed by atoms with Crippen LogP contribution in [0.4, 0.5) is 11.4 Å². The molecule has 2 aliphatic heterocycles. The van der Waals surface area contributed by atoms with Crippen molar-refractivity contribution >= 4 is 28.3 Å². The molecule has 0 atom stereocenters. The monoisotopic (exact) mass is 403 g/mol. The smallest absolute Gasteiger partial charge is 0.270 e. The van der Waals surface area contributed by atoms with E-state index < -0.39 is 4.92 Å². The van der Waals surface area contributed by atoms with Crippen LogP contribution in [0.25, 0.3) is 0 Å². The average Bonchev–Trinajstić information content (AvgIpc) is 2.71. The molecule has 2 aromatic rings. The summed E-state index contributed by atoms with van der Waals surface area (Å²) in [4.78, 5) is 15.1. The number of fused-ring (bicyclic) bond motifs is 2. The molecule has 28 heavy (non-hydrogen) atoms. The molecule has 2 heterocycles. The molecule has 0 fully saturated rings. The Morgan fingerprint density at radius 2 is 2.00 bits per heavy atom. The van der Waals surface area contributed by atoms with E-state index in [-0.39, 0.29) is 19.1 Å². The zero-order chi connectivity index (χ0) is 19.5. The number of nitrogens with zero attached hydrogens (tertiary/aromatic N) is 2. The number of non-ortho nitro benzene ring substituents is 1. The Kier molecular flexibility index (Phi) is 5.22. The van der Waals surface area contributed by atoms with Gasteiger partial charge in [0.25, 0.3) is 5.69 Å². The van der Waals surface area contributed by atoms with Crippen molar-refractivity contribution in [3.8, 4) is 17.2 Å². The van der Waals surface area contributed by atoms with E-state index in [1.54, 1.807) is 18.2 Å². The maximum absolute atomic E-state index is 11.2. The molecule has 0 spiro atoms. The second-order valence-electron chi connectivity index (χ2n) is 6.03. The molecule has 0 saturated carbocycles. The quantitative estimate of drug-likeness (QED) is 0.358. The molecule has 10 heteroatoms. The van der Waals surface area contributed by atoms with Gasteiger partial charge in [-0.2, -0.15) is 0 Å². The van der Waals surface area contributed by atoms with Crippen LogP contribution in [0.5, 0.6) is 17.2 Å². The largest absolute Gasteiger partial charge is 0.486 e. The van der Waals surface area contributed by atoms with E-state index in [0.29, 0.717) is 58.2 Å². The van der Waals surface area contributed by atoms with Crippen LogP contribution in [0.2, 0.25) is 0 Å². The van der Waals surface area contributed by atoms with Gasteiger partial charge in [-0.15, -0.1) is 0 Å². The van der Waals surface area contributed by atoms with Crippen LogP contribution in [0.1, 0.15) is 11.1 Å². The number of benzene rings is 2. The summed E-state index contributed by atoms with van der Waals surface area (Å²) in [5, 5.41) is 11.5. The first-order valence-corrected chi connectivity index (χ1v) is 9.46. The SMILES string of the molecule is NC(=Nc1ccc2c(c1)OCCO2)SCc1cc([N+](=O)[O-])cc2c1OCOC2. The van der Waals surface area contributed by atoms with Crippen molar-refractivity contribution in [3.05, 3.63) is 51.6 Å². The Balaban J connectivity index is 1.51. The van der Waals surface area contributed by atoms with Gasteiger partial charge in [-0.1, -0.05) is 11.8 Å². The number of nitro benzene ring substituents is 1. The fourth-order valence-corrected chi connectivity index (χ4v) is 3.59. The molecule has 0 aliphatic carbocycles. The first kappa shape index (κ1) is 18.4. The first-order chi connectivity index (χ1) is 13.6. The molecule has 9 nitrogen and oxygen atoms in total. The summed E-state index contributed by atoms with van der Waals surface area (Å²) in [5.41, 5.74) is 8.01. The summed E-state index contributed by atoms with van der Waals surface area (Å²) in [5.74, 6) is 2.30. The number of hydrogen-bond acceptors (Lipinski definition) is 8. The van der Waals surface area contributed by atoms with Crippen LogP contribution in [-0.2, 0) is 17.1 Å². The van der Waals surface area contributed by atoms with E-state index in [4.69, 9.17) is 24.7 Å². The summed E-state index contributed by atoms with van der Waals surface area (Å²) < 4.78 is 21.8. The second kappa shape index (κ2) is 7.95. The van der Waals surface area contributed by atoms with Crippen LogP contribution >= 0.6 is 11.8 Å². The van der Waals surface area contributed by atoms with E-state index in [9.17, 15) is 10.1 Å². The van der Waals surface area contributed by atoms with Crippen LogP contribution in [0.15, 0.2) is 35.3 Å². The van der Waals surface area contributed by atoms with Crippen molar-refractivity contribution in [1.29, 1.82) is 0 Å². The van der Waals surface area contributed by atoms with Crippen LogP contribution in [0, 0.1) is 10.1 Å². The van der Waals surface area contributed by atoms with Crippen molar-refractivity contribution in [1.82, 2.24) is 0 Å². The molecule has 0 aromatic heterocycles. The number of amidine groups is 1. The summed E-state index contributed by atoms with van der Waals surface area (Å²) >= 11 is 1.27. The molecule has 4 rings (SSSR count). The summed E-state index contributed by atoms with van der Waals surface area (Å²) in [6.07, 6.45) is 0. The fourth-order valence-electron chi connectivity index (χ4n) is 2.91. The minimum absolute atomic E-state index is 0.00852. The first-order valence-electron chi connectivity index (χ1n) is 8.47. The number of thioether (sulfide) groups is 1. The van der Waals surface area contributed by atoms with E-state index in [0.717, 1.165) is 0 Å². The van der Waals surface area contributed by atoms with Gasteiger partial charge >= 0.3 is 0 Å². The van der Waals surface area contributed by atoms with Crippen molar-refractivity contribution in [2.45, 2.75) is 12.4 Å². The molecule has 0 unspecified atom stereocenters. The van der Waals surface area contributed by atoms with Gasteiger partial charge in [0.2, 0.25) is 0 Å². The highest BCUT2D eigenvalue weighted by Gasteiger charge is 2.21. The minimum atomic E-state index is -0.435. The number of nitrogens with two attached hydrogens (primary N) is 1. The Hall–Kier alpha value is -2.98. The van der Waals surface area contributed by atoms with Gasteiger partial charge in [0.1, 0.15) is 19.0 Å². The van der Waals surface area contributed by atoms with Crippen LogP contribution < -0.4 is 19.9 Å². The topological polar surface area (TPSA) is 118 Å². The molecule has 0 bridgehead atoms. The highest BCUT2D eigenvalue weighted by Crippen LogP contribution is 2.36. The van der Waals surface area contributed by atoms with Crippen molar-refractivity contribution in [2.24, 2.45) is 10.7 Å². The zero-order valence-electron chi connectivity index (χ0n) is 14.8. The third kappa shape index (κ3) is 3.97. The Morgan fingerprint density at radius 1 is 1.18 bits per heavy atom. The molecule has 2 aliphatic rings. The predicted octanol–water partition coefficient (Wildman–Crippen LogP) is 3.11. The normalized spacial score (nSPS) is 15.5. The standard InChI is InChI=1S/C18H17N3O6S/c19-18(20-13-1-2-15-16(7-13)26-4-3-25-15)28-9-12-6-14(21(22)23)5-11-8-24-10-27-17(11)12/h1-2,5-7H,3-4,8-10H2,(H2,19,20). The lowest BCUT2D eigenvalue weighted by Crippen LogP contribution is -2.15. The number of rotatable bonds is 4. The molecule has 2 aromatic carbocycles. The van der Waals surface area contributed by atoms with Crippen molar-refractivity contribution < 1.29 is 23.9 Å². The maximum Gasteiger partial charge on any atom is 0.270 e. The van der Waals surface area contributed by atoms with E-state index in [1.165, 1.54) is 23.9 Å². The Morgan fingerprint density at radius 3 is 2.82 bits per heavy atom. The van der Waals surface area contributed by atoms with Gasteiger partial charge < -0.3 is 24.7 Å². The van der Waals surface area contributed by atoms with E-state index in [1.807, 2.05) is 0 Å². The van der Waals surface area contributed by atoms with Crippen molar-refractivity contribution in [3.63, 3.8) is 0 Å². The number of aliphatic imine (C=N–C) groups is 1. The molecular weight excluding hydrogens is 386 g/mol. The average molecular weight is 403 g/mol. The number of nitro groups is 1. The molecule has 0 radical (unpaired) electrons. The van der Waals surface area contributed by atoms with Gasteiger partial charge in [0.15, 0.2) is 23.5 Å². The van der Waals surface area contributed by atoms with Gasteiger partial charge in [-0.25, -0.2) is 4.99 Å². The lowest BCUT2D eigenvalue weighted by molar-refractivity contribution is -0.385. The minimum Gasteiger partial charge on any atom is -0.486 e. The predicted molar refractivity (Wildman–Crippen MR) is 103 cm³/mol. The Bertz CT molecular complexity index is 949. The van der Waals surface area contributed by atoms with Crippen LogP contribution in [0.3, 0.4) is 0 Å². The lowest BCUT2D eigenvalue weighted by Gasteiger charge is -2.20. The van der Waals surface area contributed by atoms with Crippen molar-refractivity contribution in [2.75, 3.05) is 20.0 Å². The third-order valence-corrected chi connectivity index (χ3v) is 4.97. The van der Waals surface area contributed by atoms with Gasteiger partial charge in [-0.3, -0.25) is 10.1 Å². The lowest BCUT2D eigenvalue weighted by atomic mass is 10.1. The summed E-state index contributed by atoms with van der Waals surface area (Å²) in [6, 6.07) is 8.30. The van der Waals surface area contributed by atoms with Gasteiger partial charge in [0.05, 0.1) is 17.2 Å². The molecule has 146 valence electrons. The zero-order valence-corrected chi connectivity index (χ0v) is 15.6. The number of ether oxygens (including phenoxy) is 4. The van der Waals surface area contributed by atoms with Gasteiger partial charge in [0, 0.05) is 35.1 Å². The van der Waals surface area contributed by atoms with Crippen LogP contribution in [-0.4, -0.2) is 30.1 Å². The highest BCUT2D eigenvalue weighted by atomic mass is 32.2. The fraction of sp³-hybridized carbons (Fsp3) is 0.278. The van der Waals surface area contributed by atoms with E-state index in [2.05, 4.69) is 4.99 Å². The highest BCUT2D eigenvalue weighted by molar-refractivity contribution is 8.13. The second-order valence-corrected chi connectivity index (χ2v) is 7.02. The molecular formula is C18H17N3O6S. The maximum atomic E-state index is 11.2. The molecule has 0 amide bonds. The number of hydrogen-bond donors (Lipinski definition) is 1. The Labute approximate surface area is 164 Å². The summed E-state index contributed by atoms with van der Waals surface area (Å²) in [6.45, 7) is 1.40. The van der Waals surface area contributed by atoms with E-state index >= 15 is 0 Å².